The lowest BCUT2D eigenvalue weighted by Gasteiger charge is -2.33. The smallest absolute Gasteiger partial charge is 0.303 e. The van der Waals surface area contributed by atoms with Gasteiger partial charge in [0, 0.05) is 24.7 Å². The Morgan fingerprint density at radius 3 is 3.00 bits per heavy atom. The number of carbonyl (C=O) groups excluding carboxylic acids is 1. The summed E-state index contributed by atoms with van der Waals surface area (Å²) < 4.78 is 13.2. The van der Waals surface area contributed by atoms with E-state index in [1.54, 1.807) is 12.1 Å². The van der Waals surface area contributed by atoms with Crippen molar-refractivity contribution in [3.8, 4) is 0 Å². The monoisotopic (exact) mass is 266 g/mol. The fraction of sp³-hybridized carbons (Fsp3) is 0.385. The Kier molecular flexibility index (Phi) is 4.11. The summed E-state index contributed by atoms with van der Waals surface area (Å²) in [5.41, 5.74) is 0.506. The molecular weight excluding hydrogens is 251 g/mol. The fourth-order valence-electron chi connectivity index (χ4n) is 2.10. The molecule has 1 aliphatic heterocycles. The van der Waals surface area contributed by atoms with E-state index in [4.69, 9.17) is 5.11 Å². The summed E-state index contributed by atoms with van der Waals surface area (Å²) in [5, 5.41) is 11.6. The van der Waals surface area contributed by atoms with Crippen LogP contribution in [0.2, 0.25) is 0 Å². The molecule has 0 spiro atoms. The number of anilines is 1. The topological polar surface area (TPSA) is 69.6 Å². The van der Waals surface area contributed by atoms with E-state index >= 15 is 0 Å². The van der Waals surface area contributed by atoms with Gasteiger partial charge in [-0.1, -0.05) is 6.07 Å². The summed E-state index contributed by atoms with van der Waals surface area (Å²) in [6.45, 7) is 0.496. The van der Waals surface area contributed by atoms with Crippen LogP contribution >= 0.6 is 0 Å². The van der Waals surface area contributed by atoms with E-state index in [2.05, 4.69) is 5.32 Å². The second-order valence-corrected chi connectivity index (χ2v) is 4.49. The van der Waals surface area contributed by atoms with Crippen molar-refractivity contribution < 1.29 is 19.1 Å². The number of halogens is 1. The van der Waals surface area contributed by atoms with Crippen molar-refractivity contribution in [1.82, 2.24) is 5.32 Å². The van der Waals surface area contributed by atoms with Crippen LogP contribution in [0.5, 0.6) is 0 Å². The Hall–Kier alpha value is -1.95. The zero-order valence-electron chi connectivity index (χ0n) is 10.3. The molecular formula is C13H15FN2O3. The summed E-state index contributed by atoms with van der Waals surface area (Å²) in [5.74, 6) is -1.40. The third-order valence-electron chi connectivity index (χ3n) is 3.07. The van der Waals surface area contributed by atoms with Crippen molar-refractivity contribution in [2.75, 3.05) is 18.0 Å². The molecule has 1 atom stereocenters. The van der Waals surface area contributed by atoms with Crippen LogP contribution in [0.4, 0.5) is 10.1 Å². The van der Waals surface area contributed by atoms with Gasteiger partial charge in [0.25, 0.3) is 0 Å². The number of carboxylic acids is 1. The molecule has 6 heteroatoms. The maximum Gasteiger partial charge on any atom is 0.303 e. The van der Waals surface area contributed by atoms with Crippen LogP contribution < -0.4 is 10.2 Å². The van der Waals surface area contributed by atoms with Gasteiger partial charge in [0.1, 0.15) is 5.82 Å². The van der Waals surface area contributed by atoms with Gasteiger partial charge in [0.05, 0.1) is 6.54 Å². The number of carboxylic acid groups (broad SMARTS) is 1. The molecule has 0 bridgehead atoms. The first-order chi connectivity index (χ1) is 9.06. The molecule has 1 aliphatic rings. The van der Waals surface area contributed by atoms with Gasteiger partial charge in [-0.3, -0.25) is 9.59 Å². The Balaban J connectivity index is 2.06. The van der Waals surface area contributed by atoms with Gasteiger partial charge < -0.3 is 15.3 Å². The lowest BCUT2D eigenvalue weighted by molar-refractivity contribution is -0.137. The molecule has 19 heavy (non-hydrogen) atoms. The SMILES string of the molecule is O=C(O)CCC1CN(c2cccc(F)c2)C(=O)CN1. The Morgan fingerprint density at radius 1 is 1.53 bits per heavy atom. The second kappa shape index (κ2) is 5.79. The Morgan fingerprint density at radius 2 is 2.32 bits per heavy atom. The molecule has 102 valence electrons. The highest BCUT2D eigenvalue weighted by molar-refractivity contribution is 5.95. The number of hydrogen-bond donors (Lipinski definition) is 2. The van der Waals surface area contributed by atoms with Crippen LogP contribution in [-0.4, -0.2) is 36.1 Å². The summed E-state index contributed by atoms with van der Waals surface area (Å²) in [6, 6.07) is 5.75. The van der Waals surface area contributed by atoms with Crippen molar-refractivity contribution in [2.24, 2.45) is 0 Å². The molecule has 1 heterocycles. The first kappa shape index (κ1) is 13.5. The minimum atomic E-state index is -0.865. The number of aliphatic carboxylic acids is 1. The van der Waals surface area contributed by atoms with Gasteiger partial charge in [0.15, 0.2) is 0 Å². The van der Waals surface area contributed by atoms with Gasteiger partial charge in [0.2, 0.25) is 5.91 Å². The van der Waals surface area contributed by atoms with E-state index in [9.17, 15) is 14.0 Å². The van der Waals surface area contributed by atoms with Crippen LogP contribution in [0, 0.1) is 5.82 Å². The number of hydrogen-bond acceptors (Lipinski definition) is 3. The zero-order valence-corrected chi connectivity index (χ0v) is 10.3. The molecule has 0 saturated carbocycles. The van der Waals surface area contributed by atoms with E-state index in [1.165, 1.54) is 17.0 Å². The molecule has 5 nitrogen and oxygen atoms in total. The van der Waals surface area contributed by atoms with Gasteiger partial charge >= 0.3 is 5.97 Å². The number of amides is 1. The van der Waals surface area contributed by atoms with Gasteiger partial charge in [-0.15, -0.1) is 0 Å². The largest absolute Gasteiger partial charge is 0.481 e. The molecule has 1 saturated heterocycles. The average Bonchev–Trinajstić information content (AvgIpc) is 2.37. The van der Waals surface area contributed by atoms with Gasteiger partial charge in [-0.25, -0.2) is 4.39 Å². The Bertz CT molecular complexity index is 493. The third kappa shape index (κ3) is 3.51. The van der Waals surface area contributed by atoms with Gasteiger partial charge in [-0.2, -0.15) is 0 Å². The van der Waals surface area contributed by atoms with E-state index < -0.39 is 11.8 Å². The lowest BCUT2D eigenvalue weighted by Crippen LogP contribution is -2.54. The van der Waals surface area contributed by atoms with Gasteiger partial charge in [-0.05, 0) is 24.6 Å². The predicted octanol–water partition coefficient (Wildman–Crippen LogP) is 0.995. The number of nitrogens with one attached hydrogen (secondary N) is 1. The van der Waals surface area contributed by atoms with E-state index in [0.717, 1.165) is 0 Å². The summed E-state index contributed by atoms with van der Waals surface area (Å²) in [4.78, 5) is 23.9. The molecule has 0 aliphatic carbocycles. The molecule has 1 aromatic carbocycles. The van der Waals surface area contributed by atoms with Crippen molar-refractivity contribution in [3.63, 3.8) is 0 Å². The molecule has 1 unspecified atom stereocenters. The number of nitrogens with zero attached hydrogens (tertiary/aromatic N) is 1. The summed E-state index contributed by atoms with van der Waals surface area (Å²) in [7, 11) is 0. The van der Waals surface area contributed by atoms with Crippen molar-refractivity contribution in [1.29, 1.82) is 0 Å². The van der Waals surface area contributed by atoms with Crippen LogP contribution in [0.15, 0.2) is 24.3 Å². The molecule has 2 rings (SSSR count). The summed E-state index contributed by atoms with van der Waals surface area (Å²) in [6.07, 6.45) is 0.483. The quantitative estimate of drug-likeness (QED) is 0.853. The number of rotatable bonds is 4. The predicted molar refractivity (Wildman–Crippen MR) is 67.4 cm³/mol. The van der Waals surface area contributed by atoms with Crippen molar-refractivity contribution in [2.45, 2.75) is 18.9 Å². The molecule has 0 radical (unpaired) electrons. The maximum atomic E-state index is 13.2. The number of benzene rings is 1. The average molecular weight is 266 g/mol. The zero-order chi connectivity index (χ0) is 13.8. The highest BCUT2D eigenvalue weighted by atomic mass is 19.1. The third-order valence-corrected chi connectivity index (χ3v) is 3.07. The van der Waals surface area contributed by atoms with E-state index in [-0.39, 0.29) is 24.9 Å². The standard InChI is InChI=1S/C13H15FN2O3/c14-9-2-1-3-11(6-9)16-8-10(4-5-13(18)19)15-7-12(16)17/h1-3,6,10,15H,4-5,7-8H2,(H,18,19). The normalized spacial score (nSPS) is 19.5. The first-order valence-corrected chi connectivity index (χ1v) is 6.07. The van der Waals surface area contributed by atoms with Crippen molar-refractivity contribution >= 4 is 17.6 Å². The molecule has 1 fully saturated rings. The summed E-state index contributed by atoms with van der Waals surface area (Å²) >= 11 is 0. The minimum absolute atomic E-state index is 0.0445. The molecule has 1 aromatic rings. The molecule has 2 N–H and O–H groups in total. The maximum absolute atomic E-state index is 13.2. The Labute approximate surface area is 110 Å². The van der Waals surface area contributed by atoms with E-state index in [1.807, 2.05) is 0 Å². The molecule has 1 amide bonds. The second-order valence-electron chi connectivity index (χ2n) is 4.49. The fourth-order valence-corrected chi connectivity index (χ4v) is 2.10. The minimum Gasteiger partial charge on any atom is -0.481 e. The first-order valence-electron chi connectivity index (χ1n) is 6.07. The molecule has 0 aromatic heterocycles. The van der Waals surface area contributed by atoms with Crippen LogP contribution in [0.25, 0.3) is 0 Å². The van der Waals surface area contributed by atoms with Crippen LogP contribution in [-0.2, 0) is 9.59 Å². The number of piperazine rings is 1. The lowest BCUT2D eigenvalue weighted by atomic mass is 10.1. The highest BCUT2D eigenvalue weighted by Crippen LogP contribution is 2.19. The van der Waals surface area contributed by atoms with Crippen LogP contribution in [0.3, 0.4) is 0 Å². The highest BCUT2D eigenvalue weighted by Gasteiger charge is 2.26. The van der Waals surface area contributed by atoms with Crippen molar-refractivity contribution in [3.05, 3.63) is 30.1 Å². The van der Waals surface area contributed by atoms with Crippen LogP contribution in [0.1, 0.15) is 12.8 Å². The number of carbonyl (C=O) groups is 2. The van der Waals surface area contributed by atoms with E-state index in [0.29, 0.717) is 18.7 Å².